The van der Waals surface area contributed by atoms with E-state index in [9.17, 15) is 5.26 Å². The lowest BCUT2D eigenvalue weighted by Crippen LogP contribution is -2.43. The van der Waals surface area contributed by atoms with Gasteiger partial charge in [0.25, 0.3) is 0 Å². The molecule has 114 valence electrons. The zero-order chi connectivity index (χ0) is 15.7. The highest BCUT2D eigenvalue weighted by Gasteiger charge is 2.31. The van der Waals surface area contributed by atoms with Gasteiger partial charge in [-0.1, -0.05) is 0 Å². The second-order valence-electron chi connectivity index (χ2n) is 5.44. The van der Waals surface area contributed by atoms with E-state index in [0.717, 1.165) is 5.69 Å². The van der Waals surface area contributed by atoms with Crippen LogP contribution in [0.3, 0.4) is 0 Å². The molecular weight excluding hydrogens is 282 g/mol. The van der Waals surface area contributed by atoms with E-state index < -0.39 is 0 Å². The van der Waals surface area contributed by atoms with Gasteiger partial charge in [0.1, 0.15) is 11.9 Å². The summed E-state index contributed by atoms with van der Waals surface area (Å²) in [6.45, 7) is 6.82. The Hall–Kier alpha value is -2.46. The summed E-state index contributed by atoms with van der Waals surface area (Å²) in [6, 6.07) is 5.83. The Labute approximate surface area is 128 Å². The van der Waals surface area contributed by atoms with Gasteiger partial charge >= 0.3 is 0 Å². The highest BCUT2D eigenvalue weighted by Crippen LogP contribution is 2.28. The van der Waals surface area contributed by atoms with Crippen molar-refractivity contribution in [1.29, 1.82) is 5.26 Å². The van der Waals surface area contributed by atoms with Crippen LogP contribution in [-0.2, 0) is 4.74 Å². The fraction of sp³-hybridized carbons (Fsp3) is 0.467. The first-order valence-electron chi connectivity index (χ1n) is 7.15. The minimum Gasteiger partial charge on any atom is -0.423 e. The van der Waals surface area contributed by atoms with Gasteiger partial charge in [0.15, 0.2) is 6.10 Å². The Morgan fingerprint density at radius 2 is 2.09 bits per heavy atom. The van der Waals surface area contributed by atoms with Crippen molar-refractivity contribution in [2.45, 2.75) is 33.0 Å². The van der Waals surface area contributed by atoms with E-state index in [1.165, 1.54) is 0 Å². The van der Waals surface area contributed by atoms with Crippen molar-refractivity contribution in [3.63, 3.8) is 0 Å². The summed E-state index contributed by atoms with van der Waals surface area (Å²) in [5.74, 6) is 1.65. The molecule has 1 fully saturated rings. The second kappa shape index (κ2) is 5.73. The number of nitriles is 1. The summed E-state index contributed by atoms with van der Waals surface area (Å²) in [5, 5.41) is 17.2. The number of hydrogen-bond acceptors (Lipinski definition) is 7. The number of hydrogen-bond donors (Lipinski definition) is 0. The zero-order valence-electron chi connectivity index (χ0n) is 12.8. The Kier molecular flexibility index (Phi) is 3.77. The van der Waals surface area contributed by atoms with E-state index in [1.54, 1.807) is 13.0 Å². The fourth-order valence-electron chi connectivity index (χ4n) is 2.57. The lowest BCUT2D eigenvalue weighted by molar-refractivity contribution is -0.0314. The molecule has 0 bridgehead atoms. The predicted molar refractivity (Wildman–Crippen MR) is 78.2 cm³/mol. The molecule has 0 saturated carbocycles. The van der Waals surface area contributed by atoms with Crippen LogP contribution in [0.25, 0.3) is 0 Å². The topological polar surface area (TPSA) is 88.1 Å². The van der Waals surface area contributed by atoms with Crippen molar-refractivity contribution in [2.24, 2.45) is 0 Å². The minimum atomic E-state index is -0.321. The molecule has 0 radical (unpaired) electrons. The van der Waals surface area contributed by atoms with E-state index in [-0.39, 0.29) is 12.2 Å². The average Bonchev–Trinajstić information content (AvgIpc) is 2.93. The van der Waals surface area contributed by atoms with Gasteiger partial charge < -0.3 is 14.1 Å². The Bertz CT molecular complexity index is 721. The number of pyridine rings is 1. The van der Waals surface area contributed by atoms with E-state index in [2.05, 4.69) is 21.3 Å². The minimum absolute atomic E-state index is 0.0280. The molecule has 0 unspecified atom stereocenters. The number of nitrogens with zero attached hydrogens (tertiary/aromatic N) is 5. The van der Waals surface area contributed by atoms with Crippen LogP contribution in [0.4, 0.5) is 5.82 Å². The first-order valence-corrected chi connectivity index (χ1v) is 7.15. The van der Waals surface area contributed by atoms with Crippen molar-refractivity contribution < 1.29 is 9.15 Å². The lowest BCUT2D eigenvalue weighted by Gasteiger charge is -2.36. The van der Waals surface area contributed by atoms with Gasteiger partial charge in [0, 0.05) is 19.2 Å². The molecule has 0 aliphatic carbocycles. The molecule has 7 nitrogen and oxygen atoms in total. The highest BCUT2D eigenvalue weighted by atomic mass is 16.5. The van der Waals surface area contributed by atoms with Crippen LogP contribution in [0.5, 0.6) is 0 Å². The molecule has 3 rings (SSSR count). The SMILES string of the molecule is Cc1ccc(C#N)c(N2C[C@@H](C)O[C@@H](c3nnc(C)o3)C2)n1. The van der Waals surface area contributed by atoms with Crippen LogP contribution in [-0.4, -0.2) is 34.4 Å². The third kappa shape index (κ3) is 2.78. The van der Waals surface area contributed by atoms with E-state index in [1.807, 2.05) is 24.8 Å². The second-order valence-corrected chi connectivity index (χ2v) is 5.44. The fourth-order valence-corrected chi connectivity index (χ4v) is 2.57. The van der Waals surface area contributed by atoms with Gasteiger partial charge in [0.2, 0.25) is 11.8 Å². The van der Waals surface area contributed by atoms with E-state index >= 15 is 0 Å². The Morgan fingerprint density at radius 1 is 1.27 bits per heavy atom. The van der Waals surface area contributed by atoms with Crippen LogP contribution in [0.1, 0.15) is 36.1 Å². The molecule has 2 atom stereocenters. The van der Waals surface area contributed by atoms with Gasteiger partial charge in [-0.25, -0.2) is 4.98 Å². The van der Waals surface area contributed by atoms with Crippen LogP contribution in [0, 0.1) is 25.2 Å². The van der Waals surface area contributed by atoms with Crippen LogP contribution in [0.15, 0.2) is 16.5 Å². The maximum Gasteiger partial charge on any atom is 0.247 e. The third-order valence-electron chi connectivity index (χ3n) is 3.51. The monoisotopic (exact) mass is 299 g/mol. The summed E-state index contributed by atoms with van der Waals surface area (Å²) < 4.78 is 11.4. The quantitative estimate of drug-likeness (QED) is 0.837. The van der Waals surface area contributed by atoms with Gasteiger partial charge in [-0.15, -0.1) is 10.2 Å². The normalized spacial score (nSPS) is 21.6. The maximum absolute atomic E-state index is 9.30. The average molecular weight is 299 g/mol. The Balaban J connectivity index is 1.91. The predicted octanol–water partition coefficient (Wildman–Crippen LogP) is 1.92. The van der Waals surface area contributed by atoms with Crippen molar-refractivity contribution in [3.8, 4) is 6.07 Å². The van der Waals surface area contributed by atoms with Crippen molar-refractivity contribution in [2.75, 3.05) is 18.0 Å². The molecular formula is C15H17N5O2. The summed E-state index contributed by atoms with van der Waals surface area (Å²) in [7, 11) is 0. The van der Waals surface area contributed by atoms with Crippen molar-refractivity contribution in [1.82, 2.24) is 15.2 Å². The number of aromatic nitrogens is 3. The molecule has 0 N–H and O–H groups in total. The first kappa shape index (κ1) is 14.5. The summed E-state index contributed by atoms with van der Waals surface area (Å²) in [4.78, 5) is 6.56. The lowest BCUT2D eigenvalue weighted by atomic mass is 10.1. The maximum atomic E-state index is 9.30. The number of rotatable bonds is 2. The van der Waals surface area contributed by atoms with Crippen molar-refractivity contribution >= 4 is 5.82 Å². The molecule has 0 spiro atoms. The number of anilines is 1. The van der Waals surface area contributed by atoms with Crippen LogP contribution >= 0.6 is 0 Å². The van der Waals surface area contributed by atoms with E-state index in [0.29, 0.717) is 36.3 Å². The van der Waals surface area contributed by atoms with Crippen LogP contribution in [0.2, 0.25) is 0 Å². The molecule has 0 aromatic carbocycles. The highest BCUT2D eigenvalue weighted by molar-refractivity contribution is 5.54. The molecule has 3 heterocycles. The summed E-state index contributed by atoms with van der Waals surface area (Å²) >= 11 is 0. The molecule has 1 saturated heterocycles. The Morgan fingerprint density at radius 3 is 2.77 bits per heavy atom. The van der Waals surface area contributed by atoms with Gasteiger partial charge in [0.05, 0.1) is 18.2 Å². The smallest absolute Gasteiger partial charge is 0.247 e. The molecule has 2 aromatic heterocycles. The first-order chi connectivity index (χ1) is 10.6. The number of morpholine rings is 1. The van der Waals surface area contributed by atoms with Crippen molar-refractivity contribution in [3.05, 3.63) is 35.2 Å². The molecule has 2 aromatic rings. The molecule has 0 amide bonds. The summed E-state index contributed by atoms with van der Waals surface area (Å²) in [6.07, 6.45) is -0.349. The number of ether oxygens (including phenoxy) is 1. The summed E-state index contributed by atoms with van der Waals surface area (Å²) in [5.41, 5.74) is 1.43. The molecule has 1 aliphatic heterocycles. The van der Waals surface area contributed by atoms with Gasteiger partial charge in [-0.05, 0) is 26.0 Å². The van der Waals surface area contributed by atoms with Gasteiger partial charge in [-0.3, -0.25) is 0 Å². The van der Waals surface area contributed by atoms with Gasteiger partial charge in [-0.2, -0.15) is 5.26 Å². The van der Waals surface area contributed by atoms with Crippen LogP contribution < -0.4 is 4.90 Å². The molecule has 22 heavy (non-hydrogen) atoms. The third-order valence-corrected chi connectivity index (χ3v) is 3.51. The molecule has 1 aliphatic rings. The largest absolute Gasteiger partial charge is 0.423 e. The zero-order valence-corrected chi connectivity index (χ0v) is 12.8. The number of aryl methyl sites for hydroxylation is 2. The van der Waals surface area contributed by atoms with E-state index in [4.69, 9.17) is 9.15 Å². The standard InChI is InChI=1S/C15H17N5O2/c1-9-4-5-12(6-16)14(17-9)20-7-10(2)21-13(8-20)15-19-18-11(3)22-15/h4-5,10,13H,7-8H2,1-3H3/t10-,13-/m1/s1. The molecule has 7 heteroatoms.